The van der Waals surface area contributed by atoms with Gasteiger partial charge in [-0.2, -0.15) is 0 Å². The number of rotatable bonds is 5. The van der Waals surface area contributed by atoms with Crippen molar-refractivity contribution in [1.29, 1.82) is 0 Å². The zero-order chi connectivity index (χ0) is 25.0. The standard InChI is InChI=1S/C23H30FN3O7/c1-23(2,3)34-22(30)25-15-8-9-26(11-15)17-7-6-14(24)10-18(17)27-13-33-12-16(20(28)31-4)19(27)21(29)32-5/h6-7,10,15H,8-9,11-13H2,1-5H3,(H,25,30). The van der Waals surface area contributed by atoms with Crippen LogP contribution in [-0.4, -0.2) is 70.3 Å². The van der Waals surface area contributed by atoms with Gasteiger partial charge in [-0.25, -0.2) is 18.8 Å². The van der Waals surface area contributed by atoms with E-state index >= 15 is 0 Å². The van der Waals surface area contributed by atoms with E-state index in [0.717, 1.165) is 0 Å². The fourth-order valence-corrected chi connectivity index (χ4v) is 3.88. The number of nitrogens with zero attached hydrogens (tertiary/aromatic N) is 2. The van der Waals surface area contributed by atoms with Crippen LogP contribution in [0.3, 0.4) is 0 Å². The van der Waals surface area contributed by atoms with Crippen molar-refractivity contribution in [2.75, 3.05) is 50.4 Å². The summed E-state index contributed by atoms with van der Waals surface area (Å²) in [4.78, 5) is 40.5. The zero-order valence-corrected chi connectivity index (χ0v) is 20.0. The Hall–Kier alpha value is -3.34. The van der Waals surface area contributed by atoms with E-state index in [1.165, 1.54) is 31.3 Å². The van der Waals surface area contributed by atoms with Crippen molar-refractivity contribution in [2.24, 2.45) is 0 Å². The van der Waals surface area contributed by atoms with Crippen LogP contribution >= 0.6 is 0 Å². The van der Waals surface area contributed by atoms with Crippen molar-refractivity contribution in [2.45, 2.75) is 38.8 Å². The molecule has 0 bridgehead atoms. The van der Waals surface area contributed by atoms with Gasteiger partial charge in [-0.3, -0.25) is 0 Å². The normalized spacial score (nSPS) is 18.6. The minimum atomic E-state index is -0.773. The van der Waals surface area contributed by atoms with Gasteiger partial charge >= 0.3 is 18.0 Å². The van der Waals surface area contributed by atoms with Crippen molar-refractivity contribution >= 4 is 29.4 Å². The van der Waals surface area contributed by atoms with E-state index in [2.05, 4.69) is 5.32 Å². The number of hydrogen-bond acceptors (Lipinski definition) is 9. The lowest BCUT2D eigenvalue weighted by molar-refractivity contribution is -0.140. The van der Waals surface area contributed by atoms with Gasteiger partial charge in [0.1, 0.15) is 23.8 Å². The molecular formula is C23H30FN3O7. The fourth-order valence-electron chi connectivity index (χ4n) is 3.88. The van der Waals surface area contributed by atoms with Crippen LogP contribution in [0.15, 0.2) is 29.5 Å². The summed E-state index contributed by atoms with van der Waals surface area (Å²) < 4.78 is 34.9. The van der Waals surface area contributed by atoms with Gasteiger partial charge in [0.2, 0.25) is 0 Å². The predicted octanol–water partition coefficient (Wildman–Crippen LogP) is 2.32. The average molecular weight is 480 g/mol. The molecule has 1 atom stereocenters. The molecule has 2 aliphatic heterocycles. The number of carbonyl (C=O) groups excluding carboxylic acids is 3. The number of amides is 1. The largest absolute Gasteiger partial charge is 0.466 e. The second-order valence-electron chi connectivity index (χ2n) is 8.93. The molecule has 2 heterocycles. The summed E-state index contributed by atoms with van der Waals surface area (Å²) in [5, 5.41) is 2.85. The third kappa shape index (κ3) is 5.77. The van der Waals surface area contributed by atoms with Crippen LogP contribution in [0.1, 0.15) is 27.2 Å². The first-order valence-electron chi connectivity index (χ1n) is 10.8. The molecule has 1 fully saturated rings. The van der Waals surface area contributed by atoms with E-state index < -0.39 is 29.5 Å². The van der Waals surface area contributed by atoms with Gasteiger partial charge in [-0.1, -0.05) is 0 Å². The molecule has 34 heavy (non-hydrogen) atoms. The Morgan fingerprint density at radius 2 is 1.82 bits per heavy atom. The van der Waals surface area contributed by atoms with Crippen molar-refractivity contribution in [1.82, 2.24) is 5.32 Å². The van der Waals surface area contributed by atoms with Crippen LogP contribution in [0, 0.1) is 5.82 Å². The summed E-state index contributed by atoms with van der Waals surface area (Å²) in [6.07, 6.45) is 0.126. The van der Waals surface area contributed by atoms with Crippen LogP contribution < -0.4 is 15.1 Å². The SMILES string of the molecule is COC(=O)C1=C(C(=O)OC)N(c2cc(F)ccc2N2CCC(NC(=O)OC(C)(C)C)C2)COC1. The smallest absolute Gasteiger partial charge is 0.407 e. The fraction of sp³-hybridized carbons (Fsp3) is 0.522. The van der Waals surface area contributed by atoms with Gasteiger partial charge in [0.05, 0.1) is 43.8 Å². The number of anilines is 2. The van der Waals surface area contributed by atoms with Gasteiger partial charge in [0.25, 0.3) is 0 Å². The first-order valence-corrected chi connectivity index (χ1v) is 10.8. The maximum Gasteiger partial charge on any atom is 0.407 e. The van der Waals surface area contributed by atoms with Crippen LogP contribution in [0.5, 0.6) is 0 Å². The average Bonchev–Trinajstić information content (AvgIpc) is 3.24. The number of esters is 2. The molecule has 1 aromatic carbocycles. The Labute approximate surface area is 197 Å². The van der Waals surface area contributed by atoms with E-state index in [0.29, 0.717) is 30.9 Å². The molecule has 0 aliphatic carbocycles. The molecule has 10 nitrogen and oxygen atoms in total. The number of hydrogen-bond donors (Lipinski definition) is 1. The Bertz CT molecular complexity index is 989. The highest BCUT2D eigenvalue weighted by Gasteiger charge is 2.35. The lowest BCUT2D eigenvalue weighted by Gasteiger charge is -2.34. The predicted molar refractivity (Wildman–Crippen MR) is 121 cm³/mol. The minimum Gasteiger partial charge on any atom is -0.466 e. The third-order valence-electron chi connectivity index (χ3n) is 5.31. The number of carbonyl (C=O) groups is 3. The van der Waals surface area contributed by atoms with Crippen molar-refractivity contribution in [3.05, 3.63) is 35.3 Å². The first kappa shape index (κ1) is 25.3. The van der Waals surface area contributed by atoms with Crippen LogP contribution in [0.2, 0.25) is 0 Å². The second kappa shape index (κ2) is 10.3. The molecule has 0 spiro atoms. The highest BCUT2D eigenvalue weighted by atomic mass is 19.1. The number of halogens is 1. The molecule has 1 aromatic rings. The molecule has 0 aromatic heterocycles. The molecule has 1 N–H and O–H groups in total. The molecule has 11 heteroatoms. The molecule has 1 amide bonds. The Morgan fingerprint density at radius 1 is 1.12 bits per heavy atom. The molecule has 3 rings (SSSR count). The molecule has 2 aliphatic rings. The van der Waals surface area contributed by atoms with Gasteiger partial charge in [0.15, 0.2) is 0 Å². The van der Waals surface area contributed by atoms with E-state index in [4.69, 9.17) is 18.9 Å². The number of benzene rings is 1. The molecule has 0 saturated carbocycles. The molecule has 0 radical (unpaired) electrons. The molecular weight excluding hydrogens is 449 g/mol. The summed E-state index contributed by atoms with van der Waals surface area (Å²) in [6, 6.07) is 3.96. The lowest BCUT2D eigenvalue weighted by Crippen LogP contribution is -2.41. The molecule has 1 unspecified atom stereocenters. The Morgan fingerprint density at radius 3 is 2.47 bits per heavy atom. The summed E-state index contributed by atoms with van der Waals surface area (Å²) in [6.45, 7) is 6.11. The van der Waals surface area contributed by atoms with E-state index in [1.54, 1.807) is 26.8 Å². The van der Waals surface area contributed by atoms with Crippen LogP contribution in [0.4, 0.5) is 20.6 Å². The van der Waals surface area contributed by atoms with Crippen molar-refractivity contribution in [3.8, 4) is 0 Å². The summed E-state index contributed by atoms with van der Waals surface area (Å²) in [5.74, 6) is -2.05. The number of ether oxygens (including phenoxy) is 4. The second-order valence-corrected chi connectivity index (χ2v) is 8.93. The van der Waals surface area contributed by atoms with Gasteiger partial charge < -0.3 is 34.1 Å². The maximum atomic E-state index is 14.3. The summed E-state index contributed by atoms with van der Waals surface area (Å²) in [7, 11) is 2.39. The number of alkyl carbamates (subject to hydrolysis) is 1. The van der Waals surface area contributed by atoms with Crippen molar-refractivity contribution < 1.29 is 37.7 Å². The Balaban J connectivity index is 1.91. The van der Waals surface area contributed by atoms with Crippen LogP contribution in [0.25, 0.3) is 0 Å². The quantitative estimate of drug-likeness (QED) is 0.503. The monoisotopic (exact) mass is 479 g/mol. The highest BCUT2D eigenvalue weighted by molar-refractivity contribution is 6.04. The van der Waals surface area contributed by atoms with E-state index in [1.807, 2.05) is 4.90 Å². The van der Waals surface area contributed by atoms with E-state index in [-0.39, 0.29) is 30.6 Å². The topological polar surface area (TPSA) is 107 Å². The third-order valence-corrected chi connectivity index (χ3v) is 5.31. The minimum absolute atomic E-state index is 0.0262. The van der Waals surface area contributed by atoms with Gasteiger partial charge in [-0.05, 0) is 45.4 Å². The number of nitrogens with one attached hydrogen (secondary N) is 1. The Kier molecular flexibility index (Phi) is 7.65. The van der Waals surface area contributed by atoms with E-state index in [9.17, 15) is 18.8 Å². The maximum absolute atomic E-state index is 14.3. The molecule has 1 saturated heterocycles. The number of methoxy groups -OCH3 is 2. The lowest BCUT2D eigenvalue weighted by atomic mass is 10.1. The highest BCUT2D eigenvalue weighted by Crippen LogP contribution is 2.37. The van der Waals surface area contributed by atoms with Crippen LogP contribution in [-0.2, 0) is 28.5 Å². The molecule has 186 valence electrons. The first-order chi connectivity index (χ1) is 16.0. The summed E-state index contributed by atoms with van der Waals surface area (Å²) in [5.41, 5.74) is 0.205. The van der Waals surface area contributed by atoms with Gasteiger partial charge in [0, 0.05) is 13.1 Å². The summed E-state index contributed by atoms with van der Waals surface area (Å²) >= 11 is 0. The zero-order valence-electron chi connectivity index (χ0n) is 20.0. The van der Waals surface area contributed by atoms with Gasteiger partial charge in [-0.15, -0.1) is 0 Å². The van der Waals surface area contributed by atoms with Crippen molar-refractivity contribution in [3.63, 3.8) is 0 Å².